The minimum atomic E-state index is 0.607. The van der Waals surface area contributed by atoms with Crippen molar-refractivity contribution in [1.82, 2.24) is 10.2 Å². The first-order chi connectivity index (χ1) is 11.3. The van der Waals surface area contributed by atoms with E-state index in [4.69, 9.17) is 16.0 Å². The molecule has 2 aromatic carbocycles. The molecular weight excluding hydrogens is 348 g/mol. The van der Waals surface area contributed by atoms with E-state index in [0.717, 1.165) is 22.3 Å². The van der Waals surface area contributed by atoms with Crippen LogP contribution in [0.1, 0.15) is 17.0 Å². The van der Waals surface area contributed by atoms with Crippen LogP contribution in [0.3, 0.4) is 0 Å². The van der Waals surface area contributed by atoms with Crippen LogP contribution in [0.5, 0.6) is 0 Å². The Labute approximate surface area is 148 Å². The summed E-state index contributed by atoms with van der Waals surface area (Å²) in [5.41, 5.74) is 2.48. The van der Waals surface area contributed by atoms with E-state index in [9.17, 15) is 0 Å². The Morgan fingerprint density at radius 1 is 0.826 bits per heavy atom. The Balaban J connectivity index is 1.45. The first-order valence-corrected chi connectivity index (χ1v) is 9.63. The molecule has 3 aromatic rings. The predicted molar refractivity (Wildman–Crippen MR) is 96.8 cm³/mol. The lowest BCUT2D eigenvalue weighted by molar-refractivity contribution is 0.426. The van der Waals surface area contributed by atoms with Gasteiger partial charge in [0.15, 0.2) is 0 Å². The Hall–Kier alpha value is -1.43. The maximum atomic E-state index is 5.87. The van der Waals surface area contributed by atoms with Gasteiger partial charge in [-0.05, 0) is 23.3 Å². The molecule has 0 aliphatic heterocycles. The average molecular weight is 363 g/mol. The molecular formula is C17H15ClN2OS2. The van der Waals surface area contributed by atoms with Gasteiger partial charge in [0.25, 0.3) is 5.22 Å². The van der Waals surface area contributed by atoms with Crippen molar-refractivity contribution in [3.05, 3.63) is 76.6 Å². The highest BCUT2D eigenvalue weighted by Crippen LogP contribution is 2.24. The van der Waals surface area contributed by atoms with Crippen molar-refractivity contribution in [2.24, 2.45) is 0 Å². The lowest BCUT2D eigenvalue weighted by atomic mass is 10.2. The zero-order chi connectivity index (χ0) is 15.9. The van der Waals surface area contributed by atoms with Gasteiger partial charge in [-0.25, -0.2) is 0 Å². The number of rotatable bonds is 7. The Morgan fingerprint density at radius 3 is 2.35 bits per heavy atom. The van der Waals surface area contributed by atoms with Crippen LogP contribution in [-0.4, -0.2) is 10.2 Å². The number of halogens is 1. The molecule has 0 bridgehead atoms. The fourth-order valence-corrected chi connectivity index (χ4v) is 3.59. The maximum absolute atomic E-state index is 5.87. The standard InChI is InChI=1S/C17H15ClN2OS2/c18-15-8-6-14(7-9-15)11-23-17-20-19-16(21-17)12-22-10-13-4-2-1-3-5-13/h1-9H,10-12H2. The zero-order valence-electron chi connectivity index (χ0n) is 12.3. The predicted octanol–water partition coefficient (Wildman–Crippen LogP) is 5.45. The molecule has 0 atom stereocenters. The lowest BCUT2D eigenvalue weighted by Gasteiger charge is -1.99. The van der Waals surface area contributed by atoms with Crippen LogP contribution in [0.25, 0.3) is 0 Å². The molecule has 0 saturated heterocycles. The molecule has 0 unspecified atom stereocenters. The molecule has 6 heteroatoms. The van der Waals surface area contributed by atoms with Crippen LogP contribution < -0.4 is 0 Å². The summed E-state index contributed by atoms with van der Waals surface area (Å²) in [6, 6.07) is 18.1. The van der Waals surface area contributed by atoms with Gasteiger partial charge in [0.1, 0.15) is 0 Å². The van der Waals surface area contributed by atoms with Gasteiger partial charge < -0.3 is 4.42 Å². The molecule has 0 fully saturated rings. The number of hydrogen-bond donors (Lipinski definition) is 0. The van der Waals surface area contributed by atoms with Gasteiger partial charge in [-0.3, -0.25) is 0 Å². The summed E-state index contributed by atoms with van der Waals surface area (Å²) in [5, 5.41) is 9.53. The Bertz CT molecular complexity index is 732. The smallest absolute Gasteiger partial charge is 0.276 e. The van der Waals surface area contributed by atoms with Gasteiger partial charge in [-0.1, -0.05) is 65.8 Å². The molecule has 0 spiro atoms. The highest BCUT2D eigenvalue weighted by Gasteiger charge is 2.07. The minimum absolute atomic E-state index is 0.607. The largest absolute Gasteiger partial charge is 0.415 e. The minimum Gasteiger partial charge on any atom is -0.415 e. The summed E-state index contributed by atoms with van der Waals surface area (Å²) in [6.45, 7) is 0. The quantitative estimate of drug-likeness (QED) is 0.522. The normalized spacial score (nSPS) is 10.8. The third-order valence-corrected chi connectivity index (χ3v) is 5.19. The topological polar surface area (TPSA) is 38.9 Å². The average Bonchev–Trinajstić information content (AvgIpc) is 3.03. The molecule has 0 N–H and O–H groups in total. The van der Waals surface area contributed by atoms with Crippen molar-refractivity contribution in [1.29, 1.82) is 0 Å². The van der Waals surface area contributed by atoms with E-state index in [1.807, 2.05) is 42.5 Å². The number of hydrogen-bond acceptors (Lipinski definition) is 5. The Kier molecular flexibility index (Phi) is 6.02. The van der Waals surface area contributed by atoms with Crippen molar-refractivity contribution >= 4 is 35.1 Å². The van der Waals surface area contributed by atoms with Crippen LogP contribution in [0.4, 0.5) is 0 Å². The van der Waals surface area contributed by atoms with Gasteiger partial charge in [0.05, 0.1) is 5.75 Å². The molecule has 0 radical (unpaired) electrons. The lowest BCUT2D eigenvalue weighted by Crippen LogP contribution is -1.83. The fraction of sp³-hybridized carbons (Fsp3) is 0.176. The van der Waals surface area contributed by atoms with Crippen molar-refractivity contribution in [3.8, 4) is 0 Å². The van der Waals surface area contributed by atoms with Crippen LogP contribution in [0.15, 0.2) is 64.2 Å². The molecule has 0 saturated carbocycles. The summed E-state index contributed by atoms with van der Waals surface area (Å²) in [4.78, 5) is 0. The maximum Gasteiger partial charge on any atom is 0.276 e. The van der Waals surface area contributed by atoms with Crippen LogP contribution in [0, 0.1) is 0 Å². The Morgan fingerprint density at radius 2 is 1.57 bits per heavy atom. The van der Waals surface area contributed by atoms with Gasteiger partial charge in [0.2, 0.25) is 5.89 Å². The van der Waals surface area contributed by atoms with E-state index in [1.165, 1.54) is 22.9 Å². The first kappa shape index (κ1) is 16.4. The molecule has 118 valence electrons. The van der Waals surface area contributed by atoms with Gasteiger partial charge >= 0.3 is 0 Å². The number of benzene rings is 2. The van der Waals surface area contributed by atoms with Crippen molar-refractivity contribution in [3.63, 3.8) is 0 Å². The summed E-state index contributed by atoms with van der Waals surface area (Å²) in [7, 11) is 0. The highest BCUT2D eigenvalue weighted by atomic mass is 35.5. The monoisotopic (exact) mass is 362 g/mol. The van der Waals surface area contributed by atoms with Crippen molar-refractivity contribution in [2.75, 3.05) is 0 Å². The second-order valence-corrected chi connectivity index (χ2v) is 7.20. The molecule has 3 nitrogen and oxygen atoms in total. The number of nitrogens with zero attached hydrogens (tertiary/aromatic N) is 2. The van der Waals surface area contributed by atoms with Gasteiger partial charge in [-0.2, -0.15) is 0 Å². The van der Waals surface area contributed by atoms with E-state index in [0.29, 0.717) is 11.1 Å². The number of aromatic nitrogens is 2. The van der Waals surface area contributed by atoms with Crippen LogP contribution in [-0.2, 0) is 17.3 Å². The van der Waals surface area contributed by atoms with E-state index in [1.54, 1.807) is 11.8 Å². The molecule has 1 heterocycles. The highest BCUT2D eigenvalue weighted by molar-refractivity contribution is 7.98. The van der Waals surface area contributed by atoms with Crippen molar-refractivity contribution < 1.29 is 4.42 Å². The van der Waals surface area contributed by atoms with E-state index >= 15 is 0 Å². The van der Waals surface area contributed by atoms with E-state index in [-0.39, 0.29) is 0 Å². The molecule has 3 rings (SSSR count). The number of thioether (sulfide) groups is 2. The van der Waals surface area contributed by atoms with Gasteiger partial charge in [-0.15, -0.1) is 22.0 Å². The third-order valence-electron chi connectivity index (χ3n) is 3.06. The van der Waals surface area contributed by atoms with E-state index in [2.05, 4.69) is 22.3 Å². The molecule has 23 heavy (non-hydrogen) atoms. The molecule has 0 amide bonds. The van der Waals surface area contributed by atoms with Crippen LogP contribution in [0.2, 0.25) is 5.02 Å². The zero-order valence-corrected chi connectivity index (χ0v) is 14.7. The molecule has 1 aromatic heterocycles. The SMILES string of the molecule is Clc1ccc(CSc2nnc(CSCc3ccccc3)o2)cc1. The first-order valence-electron chi connectivity index (χ1n) is 7.11. The summed E-state index contributed by atoms with van der Waals surface area (Å²) in [6.07, 6.45) is 0. The van der Waals surface area contributed by atoms with E-state index < -0.39 is 0 Å². The second kappa shape index (κ2) is 8.43. The van der Waals surface area contributed by atoms with Crippen molar-refractivity contribution in [2.45, 2.75) is 22.5 Å². The summed E-state index contributed by atoms with van der Waals surface area (Å²) >= 11 is 9.18. The van der Waals surface area contributed by atoms with Crippen LogP contribution >= 0.6 is 35.1 Å². The summed E-state index contributed by atoms with van der Waals surface area (Å²) < 4.78 is 5.66. The molecule has 0 aliphatic rings. The second-order valence-electron chi connectivity index (χ2n) is 4.86. The van der Waals surface area contributed by atoms with Gasteiger partial charge in [0, 0.05) is 16.5 Å². The molecule has 0 aliphatic carbocycles. The summed E-state index contributed by atoms with van der Waals surface area (Å²) in [5.74, 6) is 3.13. The third kappa shape index (κ3) is 5.30. The fourth-order valence-electron chi connectivity index (χ4n) is 1.91.